The molecule has 30 heavy (non-hydrogen) atoms. The van der Waals surface area contributed by atoms with Gasteiger partial charge in [-0.3, -0.25) is 9.59 Å². The van der Waals surface area contributed by atoms with Crippen molar-refractivity contribution in [3.05, 3.63) is 47.4 Å². The average Bonchev–Trinajstić information content (AvgIpc) is 3.34. The Labute approximate surface area is 169 Å². The lowest BCUT2D eigenvalue weighted by Gasteiger charge is -2.32. The summed E-state index contributed by atoms with van der Waals surface area (Å²) in [4.78, 5) is 27.5. The summed E-state index contributed by atoms with van der Waals surface area (Å²) in [5.74, 6) is -4.81. The molecule has 1 aromatic heterocycles. The van der Waals surface area contributed by atoms with Gasteiger partial charge < -0.3 is 14.5 Å². The number of rotatable bonds is 4. The largest absolute Gasteiger partial charge is 0.422 e. The van der Waals surface area contributed by atoms with Crippen molar-refractivity contribution in [1.29, 1.82) is 0 Å². The van der Waals surface area contributed by atoms with Crippen molar-refractivity contribution in [3.63, 3.8) is 0 Å². The lowest BCUT2D eigenvalue weighted by Crippen LogP contribution is -2.46. The molecule has 2 heterocycles. The molecule has 1 saturated heterocycles. The number of aromatic amines is 1. The molecule has 2 aromatic rings. The molecule has 160 valence electrons. The summed E-state index contributed by atoms with van der Waals surface area (Å²) in [6, 6.07) is 6.54. The van der Waals surface area contributed by atoms with Crippen LogP contribution in [0.15, 0.2) is 30.3 Å². The Kier molecular flexibility index (Phi) is 4.48. The Morgan fingerprint density at radius 2 is 1.63 bits per heavy atom. The van der Waals surface area contributed by atoms with Gasteiger partial charge in [-0.1, -0.05) is 0 Å². The van der Waals surface area contributed by atoms with Crippen LogP contribution < -0.4 is 0 Å². The molecule has 4 rings (SSSR count). The van der Waals surface area contributed by atoms with Crippen LogP contribution in [0, 0.1) is 11.7 Å². The third-order valence-electron chi connectivity index (χ3n) is 5.53. The lowest BCUT2D eigenvalue weighted by atomic mass is 9.95. The number of H-pyrrole nitrogens is 1. The maximum Gasteiger partial charge on any atom is 0.399 e. The number of cyclic esters (lactones) is 2. The zero-order chi connectivity index (χ0) is 21.9. The molecule has 0 bridgehead atoms. The smallest absolute Gasteiger partial charge is 0.399 e. The zero-order valence-electron chi connectivity index (χ0n) is 16.2. The molecule has 9 heteroatoms. The number of hydrogen-bond donors (Lipinski definition) is 1. The molecule has 0 atom stereocenters. The number of alkyl halides is 3. The fraction of sp³-hybridized carbons (Fsp3) is 0.429. The predicted molar refractivity (Wildman–Crippen MR) is 96.6 cm³/mol. The summed E-state index contributed by atoms with van der Waals surface area (Å²) >= 11 is 0. The van der Waals surface area contributed by atoms with Gasteiger partial charge in [-0.25, -0.2) is 4.39 Å². The van der Waals surface area contributed by atoms with Crippen LogP contribution in [-0.4, -0.2) is 28.9 Å². The molecular weight excluding hydrogens is 406 g/mol. The van der Waals surface area contributed by atoms with E-state index in [2.05, 4.69) is 4.98 Å². The summed E-state index contributed by atoms with van der Waals surface area (Å²) in [6.45, 7) is 2.83. The summed E-state index contributed by atoms with van der Waals surface area (Å²) in [5.41, 5.74) is -0.956. The van der Waals surface area contributed by atoms with Gasteiger partial charge in [0, 0.05) is 25.2 Å². The van der Waals surface area contributed by atoms with E-state index in [1.54, 1.807) is 0 Å². The topological polar surface area (TPSA) is 68.4 Å². The van der Waals surface area contributed by atoms with Crippen molar-refractivity contribution in [3.8, 4) is 11.3 Å². The molecule has 5 nitrogen and oxygen atoms in total. The van der Waals surface area contributed by atoms with Crippen molar-refractivity contribution in [2.24, 2.45) is 5.92 Å². The second kappa shape index (κ2) is 6.58. The van der Waals surface area contributed by atoms with Crippen molar-refractivity contribution < 1.29 is 36.6 Å². The Balaban J connectivity index is 1.74. The molecule has 1 N–H and O–H groups in total. The molecule has 0 amide bonds. The quantitative estimate of drug-likeness (QED) is 0.448. The maximum absolute atomic E-state index is 13.6. The van der Waals surface area contributed by atoms with Gasteiger partial charge in [-0.15, -0.1) is 0 Å². The van der Waals surface area contributed by atoms with Crippen molar-refractivity contribution in [2.45, 2.75) is 50.5 Å². The minimum atomic E-state index is -4.44. The number of esters is 2. The average molecular weight is 425 g/mol. The highest BCUT2D eigenvalue weighted by atomic mass is 19.4. The van der Waals surface area contributed by atoms with Crippen LogP contribution in [0.4, 0.5) is 17.6 Å². The number of carbonyl (C=O) groups excluding carboxylic acids is 2. The number of halogens is 4. The lowest BCUT2D eigenvalue weighted by molar-refractivity contribution is -0.239. The normalized spacial score (nSPS) is 20.6. The van der Waals surface area contributed by atoms with Gasteiger partial charge in [-0.05, 0) is 60.7 Å². The summed E-state index contributed by atoms with van der Waals surface area (Å²) in [6.07, 6.45) is -4.76. The molecular formula is C21H19F4NO4. The number of carbonyl (C=O) groups is 2. The van der Waals surface area contributed by atoms with E-state index in [1.807, 2.05) is 0 Å². The van der Waals surface area contributed by atoms with Crippen LogP contribution in [0.1, 0.15) is 37.9 Å². The molecule has 1 saturated carbocycles. The van der Waals surface area contributed by atoms with E-state index >= 15 is 0 Å². The third kappa shape index (κ3) is 3.46. The molecule has 1 aliphatic heterocycles. The van der Waals surface area contributed by atoms with Crippen LogP contribution in [0.5, 0.6) is 0 Å². The molecule has 2 aliphatic rings. The highest BCUT2D eigenvalue weighted by Gasteiger charge is 2.65. The predicted octanol–water partition coefficient (Wildman–Crippen LogP) is 4.41. The van der Waals surface area contributed by atoms with Gasteiger partial charge >= 0.3 is 18.1 Å². The summed E-state index contributed by atoms with van der Waals surface area (Å²) < 4.78 is 64.4. The number of aromatic nitrogens is 1. The molecule has 0 spiro atoms. The second-order valence-electron chi connectivity index (χ2n) is 8.17. The van der Waals surface area contributed by atoms with Crippen LogP contribution in [0.25, 0.3) is 11.3 Å². The number of hydrogen-bond acceptors (Lipinski definition) is 4. The van der Waals surface area contributed by atoms with Crippen LogP contribution >= 0.6 is 0 Å². The van der Waals surface area contributed by atoms with Crippen LogP contribution in [-0.2, 0) is 30.9 Å². The fourth-order valence-electron chi connectivity index (χ4n) is 3.75. The van der Waals surface area contributed by atoms with Gasteiger partial charge in [-0.2, -0.15) is 13.2 Å². The van der Waals surface area contributed by atoms with Gasteiger partial charge in [0.1, 0.15) is 11.2 Å². The minimum Gasteiger partial charge on any atom is -0.422 e. The second-order valence-corrected chi connectivity index (χ2v) is 8.17. The fourth-order valence-corrected chi connectivity index (χ4v) is 3.75. The molecule has 0 unspecified atom stereocenters. The first-order valence-corrected chi connectivity index (χ1v) is 9.43. The van der Waals surface area contributed by atoms with Crippen molar-refractivity contribution in [1.82, 2.24) is 4.98 Å². The Morgan fingerprint density at radius 1 is 1.07 bits per heavy atom. The van der Waals surface area contributed by atoms with E-state index in [0.717, 1.165) is 0 Å². The van der Waals surface area contributed by atoms with E-state index in [9.17, 15) is 27.2 Å². The Morgan fingerprint density at radius 3 is 2.13 bits per heavy atom. The summed E-state index contributed by atoms with van der Waals surface area (Å²) in [5, 5.41) is 0. The van der Waals surface area contributed by atoms with E-state index in [-0.39, 0.29) is 25.0 Å². The molecule has 1 aromatic carbocycles. The number of benzene rings is 1. The molecule has 1 aliphatic carbocycles. The SMILES string of the molecule is CC1(C)OC(=O)C(Cc2cc(C3(C(F)(F)F)CC3)[nH]c2-c2ccc(F)cc2)C(=O)O1. The zero-order valence-corrected chi connectivity index (χ0v) is 16.2. The van der Waals surface area contributed by atoms with Crippen molar-refractivity contribution >= 4 is 11.9 Å². The number of nitrogens with one attached hydrogen (secondary N) is 1. The summed E-state index contributed by atoms with van der Waals surface area (Å²) in [7, 11) is 0. The van der Waals surface area contributed by atoms with E-state index < -0.39 is 41.1 Å². The maximum atomic E-state index is 13.6. The number of ether oxygens (including phenoxy) is 2. The third-order valence-corrected chi connectivity index (χ3v) is 5.53. The first-order valence-electron chi connectivity index (χ1n) is 9.43. The monoisotopic (exact) mass is 425 g/mol. The molecule has 0 radical (unpaired) electrons. The van der Waals surface area contributed by atoms with Gasteiger partial charge in [0.05, 0.1) is 0 Å². The van der Waals surface area contributed by atoms with Crippen LogP contribution in [0.3, 0.4) is 0 Å². The molecule has 2 fully saturated rings. The highest BCUT2D eigenvalue weighted by molar-refractivity contribution is 5.97. The highest BCUT2D eigenvalue weighted by Crippen LogP contribution is 2.59. The van der Waals surface area contributed by atoms with Gasteiger partial charge in [0.15, 0.2) is 5.92 Å². The van der Waals surface area contributed by atoms with E-state index in [1.165, 1.54) is 44.2 Å². The Hall–Kier alpha value is -2.84. The Bertz CT molecular complexity index is 983. The first kappa shape index (κ1) is 20.4. The minimum absolute atomic E-state index is 0.0396. The standard InChI is InChI=1S/C21H19F4NO4/c1-19(2)29-17(27)14(18(28)30-19)9-12-10-15(20(7-8-20)21(23,24)25)26-16(12)11-3-5-13(22)6-4-11/h3-6,10,14,26H,7-9H2,1-2H3. The van der Waals surface area contributed by atoms with E-state index in [0.29, 0.717) is 16.8 Å². The van der Waals surface area contributed by atoms with Crippen LogP contribution in [0.2, 0.25) is 0 Å². The first-order chi connectivity index (χ1) is 13.9. The van der Waals surface area contributed by atoms with Gasteiger partial charge in [0.2, 0.25) is 0 Å². The van der Waals surface area contributed by atoms with Crippen molar-refractivity contribution in [2.75, 3.05) is 0 Å². The van der Waals surface area contributed by atoms with Gasteiger partial charge in [0.25, 0.3) is 5.79 Å². The van der Waals surface area contributed by atoms with E-state index in [4.69, 9.17) is 9.47 Å².